The minimum atomic E-state index is 0.496. The number of hydrogen-bond donors (Lipinski definition) is 2. The minimum absolute atomic E-state index is 0.496. The highest BCUT2D eigenvalue weighted by Gasteiger charge is 2.06. The maximum absolute atomic E-state index is 6.07. The van der Waals surface area contributed by atoms with Crippen molar-refractivity contribution in [3.8, 4) is 0 Å². The van der Waals surface area contributed by atoms with Gasteiger partial charge in [0.25, 0.3) is 0 Å². The van der Waals surface area contributed by atoms with Gasteiger partial charge < -0.3 is 10.6 Å². The molecule has 1 unspecified atom stereocenters. The monoisotopic (exact) mass is 432 g/mol. The van der Waals surface area contributed by atoms with E-state index in [2.05, 4.69) is 41.7 Å². The van der Waals surface area contributed by atoms with Gasteiger partial charge in [-0.1, -0.05) is 55.2 Å². The van der Waals surface area contributed by atoms with Gasteiger partial charge in [0, 0.05) is 18.0 Å². The number of thiocarbonyl (C=S) groups is 1. The lowest BCUT2D eigenvalue weighted by Crippen LogP contribution is -2.19. The topological polar surface area (TPSA) is 41.9 Å². The second-order valence-corrected chi connectivity index (χ2v) is 7.88. The summed E-state index contributed by atoms with van der Waals surface area (Å²) in [4.78, 5) is 0. The second-order valence-electron chi connectivity index (χ2n) is 6.66. The van der Waals surface area contributed by atoms with Gasteiger partial charge in [-0.05, 0) is 59.9 Å². The van der Waals surface area contributed by atoms with Crippen molar-refractivity contribution in [2.75, 3.05) is 10.6 Å². The number of halogens is 2. The lowest BCUT2D eigenvalue weighted by atomic mass is 9.99. The molecule has 0 radical (unpaired) electrons. The number of aromatic nitrogens is 2. The molecule has 7 heteroatoms. The number of nitrogens with one attached hydrogen (secondary N) is 2. The van der Waals surface area contributed by atoms with Gasteiger partial charge in [-0.15, -0.1) is 0 Å². The predicted molar refractivity (Wildman–Crippen MR) is 123 cm³/mol. The van der Waals surface area contributed by atoms with Gasteiger partial charge >= 0.3 is 0 Å². The fraction of sp³-hybridized carbons (Fsp3) is 0.238. The molecule has 0 fully saturated rings. The minimum Gasteiger partial charge on any atom is -0.332 e. The third-order valence-corrected chi connectivity index (χ3v) is 5.50. The Morgan fingerprint density at radius 1 is 1.07 bits per heavy atom. The highest BCUT2D eigenvalue weighted by molar-refractivity contribution is 7.80. The van der Waals surface area contributed by atoms with Gasteiger partial charge in [0.2, 0.25) is 0 Å². The normalized spacial score (nSPS) is 11.9. The molecule has 0 aliphatic carbocycles. The van der Waals surface area contributed by atoms with E-state index in [9.17, 15) is 0 Å². The average Bonchev–Trinajstić information content (AvgIpc) is 3.11. The Balaban J connectivity index is 1.57. The molecule has 0 bridgehead atoms. The molecule has 1 atom stereocenters. The fourth-order valence-electron chi connectivity index (χ4n) is 2.75. The van der Waals surface area contributed by atoms with Crippen LogP contribution in [0.2, 0.25) is 10.0 Å². The van der Waals surface area contributed by atoms with E-state index in [1.54, 1.807) is 6.07 Å². The van der Waals surface area contributed by atoms with E-state index in [-0.39, 0.29) is 0 Å². The van der Waals surface area contributed by atoms with Crippen molar-refractivity contribution in [2.45, 2.75) is 32.7 Å². The summed E-state index contributed by atoms with van der Waals surface area (Å²) in [7, 11) is 0. The third kappa shape index (κ3) is 5.47. The maximum atomic E-state index is 6.07. The molecule has 0 spiro atoms. The Hall–Kier alpha value is -2.08. The summed E-state index contributed by atoms with van der Waals surface area (Å²) in [6.07, 6.45) is 3.01. The van der Waals surface area contributed by atoms with E-state index in [1.807, 2.05) is 41.2 Å². The molecule has 146 valence electrons. The zero-order valence-electron chi connectivity index (χ0n) is 15.7. The van der Waals surface area contributed by atoms with Gasteiger partial charge in [0.1, 0.15) is 0 Å². The van der Waals surface area contributed by atoms with Gasteiger partial charge in [0.15, 0.2) is 10.9 Å². The van der Waals surface area contributed by atoms with Gasteiger partial charge in [-0.3, -0.25) is 4.68 Å². The maximum Gasteiger partial charge on any atom is 0.176 e. The molecule has 0 aliphatic rings. The van der Waals surface area contributed by atoms with Crippen molar-refractivity contribution in [1.82, 2.24) is 9.78 Å². The van der Waals surface area contributed by atoms with Crippen molar-refractivity contribution < 1.29 is 0 Å². The third-order valence-electron chi connectivity index (χ3n) is 4.56. The summed E-state index contributed by atoms with van der Waals surface area (Å²) in [5, 5.41) is 12.4. The SMILES string of the molecule is CCC(C)c1ccc(NC(=S)Nc2ccn(Cc3ccc(Cl)c(Cl)c3)n2)cc1. The molecule has 2 aromatic carbocycles. The van der Waals surface area contributed by atoms with Crippen LogP contribution in [0.25, 0.3) is 0 Å². The molecular weight excluding hydrogens is 411 g/mol. The molecule has 0 saturated carbocycles. The van der Waals surface area contributed by atoms with Crippen molar-refractivity contribution in [3.63, 3.8) is 0 Å². The first-order valence-corrected chi connectivity index (χ1v) is 10.3. The van der Waals surface area contributed by atoms with Crippen molar-refractivity contribution in [1.29, 1.82) is 0 Å². The predicted octanol–water partition coefficient (Wildman–Crippen LogP) is 6.56. The molecule has 28 heavy (non-hydrogen) atoms. The quantitative estimate of drug-likeness (QED) is 0.432. The molecule has 0 aliphatic heterocycles. The first kappa shape index (κ1) is 20.6. The molecular formula is C21H22Cl2N4S. The van der Waals surface area contributed by atoms with E-state index in [0.717, 1.165) is 17.7 Å². The lowest BCUT2D eigenvalue weighted by Gasteiger charge is -2.12. The smallest absolute Gasteiger partial charge is 0.176 e. The molecule has 0 amide bonds. The van der Waals surface area contributed by atoms with Crippen LogP contribution < -0.4 is 10.6 Å². The first-order chi connectivity index (χ1) is 13.4. The van der Waals surface area contributed by atoms with Crippen LogP contribution in [0.4, 0.5) is 11.5 Å². The average molecular weight is 433 g/mol. The highest BCUT2D eigenvalue weighted by atomic mass is 35.5. The molecule has 1 aromatic heterocycles. The lowest BCUT2D eigenvalue weighted by molar-refractivity contribution is 0.690. The number of hydrogen-bond acceptors (Lipinski definition) is 2. The largest absolute Gasteiger partial charge is 0.332 e. The molecule has 0 saturated heterocycles. The Kier molecular flexibility index (Phi) is 6.94. The highest BCUT2D eigenvalue weighted by Crippen LogP contribution is 2.23. The van der Waals surface area contributed by atoms with Gasteiger partial charge in [-0.25, -0.2) is 0 Å². The molecule has 1 heterocycles. The van der Waals surface area contributed by atoms with Gasteiger partial charge in [-0.2, -0.15) is 5.10 Å². The van der Waals surface area contributed by atoms with Crippen LogP contribution in [0.1, 0.15) is 37.3 Å². The van der Waals surface area contributed by atoms with Gasteiger partial charge in [0.05, 0.1) is 16.6 Å². The van der Waals surface area contributed by atoms with E-state index in [0.29, 0.717) is 33.4 Å². The molecule has 4 nitrogen and oxygen atoms in total. The summed E-state index contributed by atoms with van der Waals surface area (Å²) in [5.41, 5.74) is 3.29. The van der Waals surface area contributed by atoms with Crippen LogP contribution in [-0.4, -0.2) is 14.9 Å². The van der Waals surface area contributed by atoms with E-state index < -0.39 is 0 Å². The number of benzene rings is 2. The van der Waals surface area contributed by atoms with Crippen LogP contribution in [0, 0.1) is 0 Å². The summed E-state index contributed by atoms with van der Waals surface area (Å²) < 4.78 is 1.81. The summed E-state index contributed by atoms with van der Waals surface area (Å²) in [6, 6.07) is 15.8. The van der Waals surface area contributed by atoms with Crippen molar-refractivity contribution >= 4 is 52.0 Å². The Morgan fingerprint density at radius 3 is 2.50 bits per heavy atom. The fourth-order valence-corrected chi connectivity index (χ4v) is 3.29. The number of rotatable bonds is 6. The van der Waals surface area contributed by atoms with E-state index in [1.165, 1.54) is 5.56 Å². The second kappa shape index (κ2) is 9.41. The Bertz CT molecular complexity index is 953. The molecule has 3 rings (SSSR count). The summed E-state index contributed by atoms with van der Waals surface area (Å²) >= 11 is 17.4. The van der Waals surface area contributed by atoms with E-state index >= 15 is 0 Å². The Morgan fingerprint density at radius 2 is 1.82 bits per heavy atom. The number of nitrogens with zero attached hydrogens (tertiary/aromatic N) is 2. The van der Waals surface area contributed by atoms with Crippen LogP contribution in [0.15, 0.2) is 54.7 Å². The molecule has 2 N–H and O–H groups in total. The molecule has 3 aromatic rings. The van der Waals surface area contributed by atoms with Crippen molar-refractivity contribution in [3.05, 3.63) is 75.9 Å². The number of anilines is 2. The summed E-state index contributed by atoms with van der Waals surface area (Å²) in [6.45, 7) is 5.01. The van der Waals surface area contributed by atoms with Crippen LogP contribution in [-0.2, 0) is 6.54 Å². The van der Waals surface area contributed by atoms with Crippen LogP contribution in [0.5, 0.6) is 0 Å². The Labute approximate surface area is 180 Å². The summed E-state index contributed by atoms with van der Waals surface area (Å²) in [5.74, 6) is 1.23. The van der Waals surface area contributed by atoms with E-state index in [4.69, 9.17) is 35.4 Å². The van der Waals surface area contributed by atoms with Crippen LogP contribution >= 0.6 is 35.4 Å². The van der Waals surface area contributed by atoms with Crippen LogP contribution in [0.3, 0.4) is 0 Å². The first-order valence-electron chi connectivity index (χ1n) is 9.10. The zero-order valence-corrected chi connectivity index (χ0v) is 18.1. The van der Waals surface area contributed by atoms with Crippen molar-refractivity contribution in [2.24, 2.45) is 0 Å². The zero-order chi connectivity index (χ0) is 20.1. The standard InChI is InChI=1S/C21H22Cl2N4S/c1-3-14(2)16-5-7-17(8-6-16)24-21(28)25-20-10-11-27(26-20)13-15-4-9-18(22)19(23)12-15/h4-12,14H,3,13H2,1-2H3,(H2,24,25,26,28).